The molecule has 1 heterocycles. The zero-order chi connectivity index (χ0) is 16.7. The van der Waals surface area contributed by atoms with Crippen molar-refractivity contribution in [3.63, 3.8) is 0 Å². The van der Waals surface area contributed by atoms with Gasteiger partial charge in [-0.25, -0.2) is 4.98 Å². The second kappa shape index (κ2) is 8.33. The molecule has 2 rings (SSSR count). The number of hydrogen-bond donors (Lipinski definition) is 2. The normalized spacial score (nSPS) is 11.4. The van der Waals surface area contributed by atoms with Crippen molar-refractivity contribution in [3.05, 3.63) is 48.2 Å². The number of aryl methyl sites for hydroxylation is 1. The maximum Gasteiger partial charge on any atom is 0.172 e. The van der Waals surface area contributed by atoms with Crippen LogP contribution in [0.15, 0.2) is 42.5 Å². The van der Waals surface area contributed by atoms with Crippen LogP contribution in [0.2, 0.25) is 0 Å². The van der Waals surface area contributed by atoms with E-state index >= 15 is 0 Å². The molecule has 1 aromatic carbocycles. The Labute approximate surface area is 142 Å². The van der Waals surface area contributed by atoms with Crippen LogP contribution in [0, 0.1) is 6.92 Å². The molecule has 0 unspecified atom stereocenters. The first-order chi connectivity index (χ1) is 11.1. The summed E-state index contributed by atoms with van der Waals surface area (Å²) in [6, 6.07) is 13.3. The van der Waals surface area contributed by atoms with Crippen LogP contribution >= 0.6 is 12.2 Å². The Morgan fingerprint density at radius 3 is 2.52 bits per heavy atom. The van der Waals surface area contributed by atoms with Crippen molar-refractivity contribution in [3.8, 4) is 11.5 Å². The molecule has 2 aromatic rings. The smallest absolute Gasteiger partial charge is 0.172 e. The van der Waals surface area contributed by atoms with Gasteiger partial charge in [0.25, 0.3) is 0 Å². The highest BCUT2D eigenvalue weighted by atomic mass is 32.1. The molecule has 1 atom stereocenters. The molecule has 0 aliphatic rings. The van der Waals surface area contributed by atoms with E-state index in [1.165, 1.54) is 0 Å². The summed E-state index contributed by atoms with van der Waals surface area (Å²) in [6.07, 6.45) is 0. The topological polar surface area (TPSA) is 55.4 Å². The Hall–Kier alpha value is -2.34. The highest BCUT2D eigenvalue weighted by molar-refractivity contribution is 7.80. The third-order valence-electron chi connectivity index (χ3n) is 3.07. The van der Waals surface area contributed by atoms with Crippen molar-refractivity contribution in [2.45, 2.75) is 19.9 Å². The van der Waals surface area contributed by atoms with E-state index in [4.69, 9.17) is 21.7 Å². The summed E-state index contributed by atoms with van der Waals surface area (Å²) in [4.78, 5) is 4.35. The minimum atomic E-state index is 0.0573. The average molecular weight is 331 g/mol. The number of thiocarbonyl (C=S) groups is 1. The molecule has 0 aliphatic carbocycles. The van der Waals surface area contributed by atoms with Crippen LogP contribution in [0.5, 0.6) is 11.5 Å². The summed E-state index contributed by atoms with van der Waals surface area (Å²) < 4.78 is 10.8. The quantitative estimate of drug-likeness (QED) is 0.793. The van der Waals surface area contributed by atoms with Crippen molar-refractivity contribution >= 4 is 23.1 Å². The number of nitrogens with one attached hydrogen (secondary N) is 2. The van der Waals surface area contributed by atoms with Gasteiger partial charge < -0.3 is 20.1 Å². The van der Waals surface area contributed by atoms with Crippen LogP contribution in [0.4, 0.5) is 5.82 Å². The zero-order valence-electron chi connectivity index (χ0n) is 13.5. The molecule has 1 aromatic heterocycles. The maximum absolute atomic E-state index is 5.72. The molecule has 0 aliphatic heterocycles. The minimum Gasteiger partial charge on any atom is -0.497 e. The number of methoxy groups -OCH3 is 1. The molecule has 0 amide bonds. The largest absolute Gasteiger partial charge is 0.497 e. The SMILES string of the molecule is COc1ccc(OC[C@H](C)NC(=S)Nc2cccc(C)n2)cc1. The summed E-state index contributed by atoms with van der Waals surface area (Å²) >= 11 is 5.28. The van der Waals surface area contributed by atoms with Crippen LogP contribution in [-0.2, 0) is 0 Å². The van der Waals surface area contributed by atoms with Crippen LogP contribution in [0.25, 0.3) is 0 Å². The number of ether oxygens (including phenoxy) is 2. The predicted molar refractivity (Wildman–Crippen MR) is 96.3 cm³/mol. The van der Waals surface area contributed by atoms with Crippen molar-refractivity contribution in [2.75, 3.05) is 19.0 Å². The van der Waals surface area contributed by atoms with Crippen molar-refractivity contribution in [2.24, 2.45) is 0 Å². The van der Waals surface area contributed by atoms with Gasteiger partial charge in [0, 0.05) is 5.69 Å². The van der Waals surface area contributed by atoms with E-state index in [1.54, 1.807) is 7.11 Å². The highest BCUT2D eigenvalue weighted by Gasteiger charge is 2.06. The zero-order valence-corrected chi connectivity index (χ0v) is 14.3. The summed E-state index contributed by atoms with van der Waals surface area (Å²) in [6.45, 7) is 4.43. The molecule has 0 radical (unpaired) electrons. The minimum absolute atomic E-state index is 0.0573. The monoisotopic (exact) mass is 331 g/mol. The molecule has 0 saturated heterocycles. The van der Waals surface area contributed by atoms with Crippen molar-refractivity contribution in [1.82, 2.24) is 10.3 Å². The number of aromatic nitrogens is 1. The van der Waals surface area contributed by atoms with Crippen LogP contribution in [0.3, 0.4) is 0 Å². The number of nitrogens with zero attached hydrogens (tertiary/aromatic N) is 1. The average Bonchev–Trinajstić information content (AvgIpc) is 2.53. The Kier molecular flexibility index (Phi) is 6.17. The molecule has 0 bridgehead atoms. The van der Waals surface area contributed by atoms with Gasteiger partial charge in [-0.05, 0) is 62.5 Å². The molecular formula is C17H21N3O2S. The van der Waals surface area contributed by atoms with Gasteiger partial charge in [0.15, 0.2) is 5.11 Å². The third-order valence-corrected chi connectivity index (χ3v) is 3.29. The Balaban J connectivity index is 1.77. The molecule has 5 nitrogen and oxygen atoms in total. The lowest BCUT2D eigenvalue weighted by Crippen LogP contribution is -2.39. The second-order valence-corrected chi connectivity index (χ2v) is 5.56. The summed E-state index contributed by atoms with van der Waals surface area (Å²) in [5.74, 6) is 2.32. The number of pyridine rings is 1. The lowest BCUT2D eigenvalue weighted by Gasteiger charge is -2.17. The first-order valence-electron chi connectivity index (χ1n) is 7.35. The number of benzene rings is 1. The van der Waals surface area contributed by atoms with Gasteiger partial charge in [-0.2, -0.15) is 0 Å². The fraction of sp³-hybridized carbons (Fsp3) is 0.294. The van der Waals surface area contributed by atoms with E-state index in [-0.39, 0.29) is 6.04 Å². The second-order valence-electron chi connectivity index (χ2n) is 5.15. The van der Waals surface area contributed by atoms with E-state index < -0.39 is 0 Å². The van der Waals surface area contributed by atoms with Crippen LogP contribution in [0.1, 0.15) is 12.6 Å². The fourth-order valence-electron chi connectivity index (χ4n) is 1.92. The van der Waals surface area contributed by atoms with Gasteiger partial charge in [0.2, 0.25) is 0 Å². The first kappa shape index (κ1) is 17.0. The first-order valence-corrected chi connectivity index (χ1v) is 7.75. The molecule has 23 heavy (non-hydrogen) atoms. The van der Waals surface area contributed by atoms with Gasteiger partial charge >= 0.3 is 0 Å². The van der Waals surface area contributed by atoms with Crippen LogP contribution in [-0.4, -0.2) is 29.9 Å². The highest BCUT2D eigenvalue weighted by Crippen LogP contribution is 2.17. The lowest BCUT2D eigenvalue weighted by atomic mass is 10.3. The number of rotatable bonds is 6. The fourth-order valence-corrected chi connectivity index (χ4v) is 2.23. The Bertz CT molecular complexity index is 647. The third kappa shape index (κ3) is 5.75. The molecule has 0 saturated carbocycles. The summed E-state index contributed by atoms with van der Waals surface area (Å²) in [5.41, 5.74) is 0.939. The molecule has 122 valence electrons. The van der Waals surface area contributed by atoms with E-state index in [2.05, 4.69) is 15.6 Å². The van der Waals surface area contributed by atoms with Gasteiger partial charge in [0.1, 0.15) is 23.9 Å². The standard InChI is InChI=1S/C17H21N3O2S/c1-12-5-4-6-16(18-12)20-17(23)19-13(2)11-22-15-9-7-14(21-3)8-10-15/h4-10,13H,11H2,1-3H3,(H2,18,19,20,23)/t13-/m0/s1. The molecule has 0 spiro atoms. The van der Waals surface area contributed by atoms with E-state index in [1.807, 2.05) is 56.3 Å². The van der Waals surface area contributed by atoms with Gasteiger partial charge in [-0.1, -0.05) is 6.07 Å². The molecule has 2 N–H and O–H groups in total. The van der Waals surface area contributed by atoms with Crippen molar-refractivity contribution < 1.29 is 9.47 Å². The van der Waals surface area contributed by atoms with E-state index in [0.29, 0.717) is 11.7 Å². The molecule has 6 heteroatoms. The van der Waals surface area contributed by atoms with Gasteiger partial charge in [-0.15, -0.1) is 0 Å². The van der Waals surface area contributed by atoms with Gasteiger partial charge in [0.05, 0.1) is 13.2 Å². The number of anilines is 1. The summed E-state index contributed by atoms with van der Waals surface area (Å²) in [5, 5.41) is 6.76. The lowest BCUT2D eigenvalue weighted by molar-refractivity contribution is 0.286. The Morgan fingerprint density at radius 2 is 1.87 bits per heavy atom. The molecular weight excluding hydrogens is 310 g/mol. The predicted octanol–water partition coefficient (Wildman–Crippen LogP) is 3.15. The van der Waals surface area contributed by atoms with Crippen LogP contribution < -0.4 is 20.1 Å². The van der Waals surface area contributed by atoms with Crippen molar-refractivity contribution in [1.29, 1.82) is 0 Å². The van der Waals surface area contributed by atoms with E-state index in [9.17, 15) is 0 Å². The maximum atomic E-state index is 5.72. The van der Waals surface area contributed by atoms with E-state index in [0.717, 1.165) is 23.0 Å². The number of hydrogen-bond acceptors (Lipinski definition) is 4. The Morgan fingerprint density at radius 1 is 1.17 bits per heavy atom. The van der Waals surface area contributed by atoms with Gasteiger partial charge in [-0.3, -0.25) is 0 Å². The summed E-state index contributed by atoms with van der Waals surface area (Å²) in [7, 11) is 1.64. The molecule has 0 fully saturated rings.